The van der Waals surface area contributed by atoms with Crippen LogP contribution in [0.4, 0.5) is 32.0 Å². The lowest BCUT2D eigenvalue weighted by Crippen LogP contribution is -2.52. The quantitative estimate of drug-likeness (QED) is 0.503. The number of rotatable bonds is 6. The van der Waals surface area contributed by atoms with Crippen molar-refractivity contribution in [2.75, 3.05) is 11.8 Å². The molecule has 2 aliphatic carbocycles. The number of anilines is 1. The molecule has 0 amide bonds. The number of fused-ring (bicyclic) bond motifs is 1. The molecule has 208 valence electrons. The number of sulfonamides is 1. The van der Waals surface area contributed by atoms with E-state index in [-0.39, 0.29) is 30.2 Å². The fraction of sp³-hybridized carbons (Fsp3) is 0.409. The number of alkyl halides is 5. The fourth-order valence-corrected chi connectivity index (χ4v) is 7.57. The molecule has 16 heteroatoms. The van der Waals surface area contributed by atoms with Crippen LogP contribution in [-0.4, -0.2) is 43.6 Å². The van der Waals surface area contributed by atoms with Crippen LogP contribution in [0.3, 0.4) is 0 Å². The molecule has 0 fully saturated rings. The van der Waals surface area contributed by atoms with Crippen LogP contribution in [0.1, 0.15) is 36.7 Å². The van der Waals surface area contributed by atoms with Gasteiger partial charge in [-0.3, -0.25) is 4.72 Å². The van der Waals surface area contributed by atoms with Crippen LogP contribution in [0, 0.1) is 5.82 Å². The number of ether oxygens (including phenoxy) is 1. The zero-order valence-electron chi connectivity index (χ0n) is 19.8. The third-order valence-electron chi connectivity index (χ3n) is 6.46. The molecule has 2 aliphatic rings. The second kappa shape index (κ2) is 9.03. The third kappa shape index (κ3) is 4.36. The van der Waals surface area contributed by atoms with Gasteiger partial charge in [0.25, 0.3) is 26.0 Å². The predicted molar refractivity (Wildman–Crippen MR) is 124 cm³/mol. The minimum Gasteiger partial charge on any atom is -0.479 e. The van der Waals surface area contributed by atoms with Gasteiger partial charge in [0.05, 0.1) is 7.11 Å². The van der Waals surface area contributed by atoms with E-state index >= 15 is 0 Å². The molecule has 0 bridgehead atoms. The minimum absolute atomic E-state index is 0.0136. The van der Waals surface area contributed by atoms with Crippen molar-refractivity contribution in [1.82, 2.24) is 8.96 Å². The minimum atomic E-state index is -5.19. The summed E-state index contributed by atoms with van der Waals surface area (Å²) in [6, 6.07) is 0.229. The van der Waals surface area contributed by atoms with Crippen molar-refractivity contribution in [2.24, 2.45) is 0 Å². The van der Waals surface area contributed by atoms with Gasteiger partial charge in [0, 0.05) is 18.0 Å². The van der Waals surface area contributed by atoms with E-state index in [9.17, 15) is 43.2 Å². The van der Waals surface area contributed by atoms with Crippen molar-refractivity contribution in [2.45, 2.75) is 54.3 Å². The zero-order valence-corrected chi connectivity index (χ0v) is 21.4. The maximum atomic E-state index is 14.8. The summed E-state index contributed by atoms with van der Waals surface area (Å²) in [7, 11) is -8.86. The molecule has 2 aromatic heterocycles. The highest BCUT2D eigenvalue weighted by Gasteiger charge is 2.58. The molecule has 1 N–H and O–H groups in total. The van der Waals surface area contributed by atoms with Gasteiger partial charge < -0.3 is 4.74 Å². The molecule has 1 unspecified atom stereocenters. The van der Waals surface area contributed by atoms with Crippen molar-refractivity contribution in [3.8, 4) is 5.88 Å². The van der Waals surface area contributed by atoms with Crippen molar-refractivity contribution in [3.05, 3.63) is 59.3 Å². The molecule has 1 atom stereocenters. The Hall–Kier alpha value is -3.01. The summed E-state index contributed by atoms with van der Waals surface area (Å²) in [5.41, 5.74) is -2.69. The second-order valence-corrected chi connectivity index (χ2v) is 12.7. The lowest BCUT2D eigenvalue weighted by atomic mass is 9.98. The number of hydrogen-bond donors (Lipinski definition) is 1. The first kappa shape index (κ1) is 28.0. The van der Waals surface area contributed by atoms with E-state index in [2.05, 4.69) is 4.98 Å². The SMILES string of the molecule is COc1nc(C(F)(F)F)c(F)cc1NS(=O)(=O)c1cn(S(=O)(=O)C2(C)C=CC=CC2(F)F)c2c1CCCC2. The molecule has 38 heavy (non-hydrogen) atoms. The summed E-state index contributed by atoms with van der Waals surface area (Å²) in [6.07, 6.45) is -0.0980. The molecule has 0 saturated carbocycles. The summed E-state index contributed by atoms with van der Waals surface area (Å²) in [4.78, 5) is 2.40. The van der Waals surface area contributed by atoms with Gasteiger partial charge in [-0.1, -0.05) is 18.2 Å². The maximum Gasteiger partial charge on any atom is 0.436 e. The van der Waals surface area contributed by atoms with Crippen LogP contribution in [-0.2, 0) is 39.1 Å². The average Bonchev–Trinajstić information content (AvgIpc) is 3.21. The molecular weight excluding hydrogens is 564 g/mol. The van der Waals surface area contributed by atoms with Crippen LogP contribution in [0.5, 0.6) is 5.88 Å². The Bertz CT molecular complexity index is 1560. The number of hydrogen-bond acceptors (Lipinski definition) is 6. The number of nitrogens with zero attached hydrogens (tertiary/aromatic N) is 2. The number of allylic oxidation sites excluding steroid dienone is 3. The second-order valence-electron chi connectivity index (χ2n) is 8.85. The first-order chi connectivity index (χ1) is 17.5. The van der Waals surface area contributed by atoms with E-state index in [4.69, 9.17) is 4.74 Å². The van der Waals surface area contributed by atoms with E-state index in [1.165, 1.54) is 0 Å². The Labute approximate surface area is 214 Å². The molecular formula is C22H21F6N3O5S2. The Morgan fingerprint density at radius 1 is 1.08 bits per heavy atom. The van der Waals surface area contributed by atoms with Crippen LogP contribution in [0.2, 0.25) is 0 Å². The number of pyridine rings is 1. The van der Waals surface area contributed by atoms with E-state index in [0.717, 1.165) is 32.3 Å². The van der Waals surface area contributed by atoms with Crippen LogP contribution < -0.4 is 9.46 Å². The normalized spacial score (nSPS) is 21.3. The van der Waals surface area contributed by atoms with Crippen LogP contribution >= 0.6 is 0 Å². The summed E-state index contributed by atoms with van der Waals surface area (Å²) in [5.74, 6) is -6.61. The molecule has 0 aromatic carbocycles. The Morgan fingerprint density at radius 3 is 2.32 bits per heavy atom. The highest BCUT2D eigenvalue weighted by molar-refractivity contribution is 7.93. The largest absolute Gasteiger partial charge is 0.479 e. The van der Waals surface area contributed by atoms with Crippen LogP contribution in [0.25, 0.3) is 0 Å². The Morgan fingerprint density at radius 2 is 1.71 bits per heavy atom. The maximum absolute atomic E-state index is 14.8. The molecule has 0 aliphatic heterocycles. The van der Waals surface area contributed by atoms with Gasteiger partial charge in [0.15, 0.2) is 16.3 Å². The van der Waals surface area contributed by atoms with Gasteiger partial charge in [-0.25, -0.2) is 30.2 Å². The third-order valence-corrected chi connectivity index (χ3v) is 10.2. The van der Waals surface area contributed by atoms with Crippen LogP contribution in [0.15, 0.2) is 41.5 Å². The van der Waals surface area contributed by atoms with E-state index in [1.54, 1.807) is 0 Å². The average molecular weight is 586 g/mol. The lowest BCUT2D eigenvalue weighted by molar-refractivity contribution is -0.143. The summed E-state index contributed by atoms with van der Waals surface area (Å²) in [6.45, 7) is 0.811. The van der Waals surface area contributed by atoms with Crippen molar-refractivity contribution < 1.29 is 47.9 Å². The Balaban J connectivity index is 1.85. The fourth-order valence-electron chi connectivity index (χ4n) is 4.36. The molecule has 2 heterocycles. The van der Waals surface area contributed by atoms with E-state index in [0.29, 0.717) is 29.1 Å². The molecule has 0 saturated heterocycles. The van der Waals surface area contributed by atoms with Gasteiger partial charge in [-0.15, -0.1) is 0 Å². The van der Waals surface area contributed by atoms with Crippen molar-refractivity contribution in [1.29, 1.82) is 0 Å². The molecule has 2 aromatic rings. The number of methoxy groups -OCH3 is 1. The first-order valence-electron chi connectivity index (χ1n) is 11.0. The Kier molecular flexibility index (Phi) is 6.66. The van der Waals surface area contributed by atoms with Crippen molar-refractivity contribution >= 4 is 25.7 Å². The number of nitrogens with one attached hydrogen (secondary N) is 1. The van der Waals surface area contributed by atoms with Gasteiger partial charge >= 0.3 is 6.18 Å². The first-order valence-corrected chi connectivity index (χ1v) is 14.0. The smallest absolute Gasteiger partial charge is 0.436 e. The monoisotopic (exact) mass is 585 g/mol. The van der Waals surface area contributed by atoms with Gasteiger partial charge in [0.1, 0.15) is 10.6 Å². The van der Waals surface area contributed by atoms with Gasteiger partial charge in [-0.05, 0) is 44.2 Å². The molecule has 0 radical (unpaired) electrons. The summed E-state index contributed by atoms with van der Waals surface area (Å²) >= 11 is 0. The summed E-state index contributed by atoms with van der Waals surface area (Å²) < 4.78 is 141. The number of aromatic nitrogens is 2. The predicted octanol–water partition coefficient (Wildman–Crippen LogP) is 4.43. The van der Waals surface area contributed by atoms with Gasteiger partial charge in [-0.2, -0.15) is 22.0 Å². The number of halogens is 6. The molecule has 0 spiro atoms. The van der Waals surface area contributed by atoms with E-state index in [1.807, 2.05) is 4.72 Å². The molecule has 4 rings (SSSR count). The molecule has 8 nitrogen and oxygen atoms in total. The summed E-state index contributed by atoms with van der Waals surface area (Å²) in [5, 5.41) is 0. The highest BCUT2D eigenvalue weighted by Crippen LogP contribution is 2.43. The van der Waals surface area contributed by atoms with E-state index < -0.39 is 64.9 Å². The topological polar surface area (TPSA) is 107 Å². The zero-order chi connectivity index (χ0) is 28.3. The standard InChI is InChI=1S/C22H21F6N3O5S2/c1-20(9-5-6-10-21(20,24)25)38(34,35)31-12-17(13-7-3-4-8-16(13)31)37(32,33)30-15-11-14(23)18(22(26,27)28)29-19(15)36-2/h5-6,9-12,30H,3-4,7-8H2,1-2H3. The van der Waals surface area contributed by atoms with Gasteiger partial charge in [0.2, 0.25) is 5.88 Å². The highest BCUT2D eigenvalue weighted by atomic mass is 32.2. The lowest BCUT2D eigenvalue weighted by Gasteiger charge is -2.34. The van der Waals surface area contributed by atoms with Crippen molar-refractivity contribution in [3.63, 3.8) is 0 Å².